The van der Waals surface area contributed by atoms with Gasteiger partial charge in [-0.1, -0.05) is 85.3 Å². The lowest BCUT2D eigenvalue weighted by Crippen LogP contribution is -2.33. The van der Waals surface area contributed by atoms with Gasteiger partial charge in [0.25, 0.3) is 0 Å². The summed E-state index contributed by atoms with van der Waals surface area (Å²) in [5.74, 6) is -0.927. The first-order chi connectivity index (χ1) is 14.2. The predicted molar refractivity (Wildman–Crippen MR) is 123 cm³/mol. The molecule has 0 aromatic carbocycles. The number of hydrogen-bond acceptors (Lipinski definition) is 4. The third-order valence-electron chi connectivity index (χ3n) is 5.80. The molecule has 0 aromatic heterocycles. The van der Waals surface area contributed by atoms with Gasteiger partial charge in [-0.25, -0.2) is 0 Å². The van der Waals surface area contributed by atoms with E-state index in [4.69, 9.17) is 9.47 Å². The highest BCUT2D eigenvalue weighted by Crippen LogP contribution is 2.29. The highest BCUT2D eigenvalue weighted by molar-refractivity contribution is 5.83. The summed E-state index contributed by atoms with van der Waals surface area (Å²) in [5, 5.41) is 0. The second-order valence-electron chi connectivity index (χ2n) is 10.3. The third kappa shape index (κ3) is 11.8. The minimum Gasteiger partial charge on any atom is -0.465 e. The molecule has 174 valence electrons. The molecule has 3 atom stereocenters. The Morgan fingerprint density at radius 3 is 2.27 bits per heavy atom. The molecule has 4 nitrogen and oxygen atoms in total. The topological polar surface area (TPSA) is 52.6 Å². The Bertz CT molecular complexity index is 518. The summed E-state index contributed by atoms with van der Waals surface area (Å²) in [7, 11) is 0. The third-order valence-corrected chi connectivity index (χ3v) is 5.80. The van der Waals surface area contributed by atoms with Gasteiger partial charge in [0.1, 0.15) is 0 Å². The fraction of sp³-hybridized carbons (Fsp3) is 0.846. The highest BCUT2D eigenvalue weighted by Gasteiger charge is 2.35. The summed E-state index contributed by atoms with van der Waals surface area (Å²) in [4.78, 5) is 25.2. The minimum absolute atomic E-state index is 0.250. The molecule has 0 amide bonds. The maximum atomic E-state index is 12.6. The summed E-state index contributed by atoms with van der Waals surface area (Å²) < 4.78 is 11.0. The Morgan fingerprint density at radius 2 is 1.60 bits per heavy atom. The molecule has 30 heavy (non-hydrogen) atoms. The van der Waals surface area contributed by atoms with Crippen molar-refractivity contribution in [2.75, 3.05) is 13.2 Å². The molecule has 3 unspecified atom stereocenters. The lowest BCUT2D eigenvalue weighted by atomic mass is 9.83. The van der Waals surface area contributed by atoms with Gasteiger partial charge in [-0.2, -0.15) is 0 Å². The van der Waals surface area contributed by atoms with Gasteiger partial charge in [0.2, 0.25) is 0 Å². The second kappa shape index (κ2) is 14.6. The molecule has 0 fully saturated rings. The van der Waals surface area contributed by atoms with Crippen LogP contribution in [0.25, 0.3) is 0 Å². The second-order valence-corrected chi connectivity index (χ2v) is 10.3. The SMILES string of the molecule is CCCCCCCCCOC(=O)C1C=CCCC1C(=O)OCCC(C)CC(C)(C)C. The van der Waals surface area contributed by atoms with Gasteiger partial charge in [-0.15, -0.1) is 0 Å². The number of carbonyl (C=O) groups excluding carboxylic acids is 2. The fourth-order valence-electron chi connectivity index (χ4n) is 4.28. The van der Waals surface area contributed by atoms with Crippen molar-refractivity contribution in [2.24, 2.45) is 23.2 Å². The number of rotatable bonds is 14. The Hall–Kier alpha value is -1.32. The highest BCUT2D eigenvalue weighted by atomic mass is 16.5. The van der Waals surface area contributed by atoms with E-state index in [1.807, 2.05) is 12.2 Å². The molecular weight excluding hydrogens is 376 g/mol. The Morgan fingerprint density at radius 1 is 0.967 bits per heavy atom. The minimum atomic E-state index is -0.497. The van der Waals surface area contributed by atoms with Crippen LogP contribution in [0, 0.1) is 23.2 Å². The molecule has 0 spiro atoms. The molecule has 0 saturated heterocycles. The van der Waals surface area contributed by atoms with Crippen molar-refractivity contribution in [1.29, 1.82) is 0 Å². The van der Waals surface area contributed by atoms with Crippen LogP contribution >= 0.6 is 0 Å². The van der Waals surface area contributed by atoms with Crippen LogP contribution in [-0.2, 0) is 19.1 Å². The van der Waals surface area contributed by atoms with E-state index < -0.39 is 11.8 Å². The zero-order valence-corrected chi connectivity index (χ0v) is 20.2. The monoisotopic (exact) mass is 422 g/mol. The van der Waals surface area contributed by atoms with Crippen molar-refractivity contribution >= 4 is 11.9 Å². The largest absolute Gasteiger partial charge is 0.465 e. The number of esters is 2. The van der Waals surface area contributed by atoms with Crippen LogP contribution in [0.4, 0.5) is 0 Å². The molecule has 0 aliphatic heterocycles. The molecule has 0 aromatic rings. The lowest BCUT2D eigenvalue weighted by molar-refractivity contribution is -0.159. The quantitative estimate of drug-likeness (QED) is 0.174. The predicted octanol–water partition coefficient (Wildman–Crippen LogP) is 6.87. The van der Waals surface area contributed by atoms with Gasteiger partial charge in [0.05, 0.1) is 25.0 Å². The summed E-state index contributed by atoms with van der Waals surface area (Å²) >= 11 is 0. The van der Waals surface area contributed by atoms with Crippen molar-refractivity contribution in [3.8, 4) is 0 Å². The van der Waals surface area contributed by atoms with Crippen LogP contribution < -0.4 is 0 Å². The smallest absolute Gasteiger partial charge is 0.313 e. The van der Waals surface area contributed by atoms with Crippen LogP contribution in [-0.4, -0.2) is 25.2 Å². The lowest BCUT2D eigenvalue weighted by Gasteiger charge is -2.26. The zero-order valence-electron chi connectivity index (χ0n) is 20.2. The normalized spacial score (nSPS) is 20.0. The molecule has 1 rings (SSSR count). The van der Waals surface area contributed by atoms with Gasteiger partial charge in [0.15, 0.2) is 0 Å². The van der Waals surface area contributed by atoms with Gasteiger partial charge in [-0.3, -0.25) is 9.59 Å². The molecule has 4 heteroatoms. The molecule has 0 heterocycles. The molecule has 0 saturated carbocycles. The summed E-state index contributed by atoms with van der Waals surface area (Å²) in [6.07, 6.45) is 15.5. The van der Waals surface area contributed by atoms with Crippen molar-refractivity contribution in [1.82, 2.24) is 0 Å². The van der Waals surface area contributed by atoms with Crippen molar-refractivity contribution < 1.29 is 19.1 Å². The average molecular weight is 423 g/mol. The number of ether oxygens (including phenoxy) is 2. The van der Waals surface area contributed by atoms with Gasteiger partial charge >= 0.3 is 11.9 Å². The molecule has 1 aliphatic carbocycles. The van der Waals surface area contributed by atoms with Crippen molar-refractivity contribution in [3.05, 3.63) is 12.2 Å². The van der Waals surface area contributed by atoms with E-state index in [9.17, 15) is 9.59 Å². The van der Waals surface area contributed by atoms with Crippen LogP contribution in [0.3, 0.4) is 0 Å². The number of hydrogen-bond donors (Lipinski definition) is 0. The van der Waals surface area contributed by atoms with Crippen LogP contribution in [0.15, 0.2) is 12.2 Å². The summed E-state index contributed by atoms with van der Waals surface area (Å²) in [6.45, 7) is 12.0. The number of unbranched alkanes of at least 4 members (excludes halogenated alkanes) is 6. The first kappa shape index (κ1) is 26.7. The van der Waals surface area contributed by atoms with Crippen molar-refractivity contribution in [3.63, 3.8) is 0 Å². The van der Waals surface area contributed by atoms with E-state index in [-0.39, 0.29) is 17.4 Å². The summed E-state index contributed by atoms with van der Waals surface area (Å²) in [5.41, 5.74) is 0.280. The average Bonchev–Trinajstić information content (AvgIpc) is 2.68. The first-order valence-corrected chi connectivity index (χ1v) is 12.2. The van der Waals surface area contributed by atoms with Crippen molar-refractivity contribution in [2.45, 2.75) is 105 Å². The maximum absolute atomic E-state index is 12.6. The zero-order chi connectivity index (χ0) is 22.4. The molecule has 0 bridgehead atoms. The van der Waals surface area contributed by atoms with Crippen LogP contribution in [0.2, 0.25) is 0 Å². The van der Waals surface area contributed by atoms with E-state index in [1.165, 1.54) is 32.1 Å². The first-order valence-electron chi connectivity index (χ1n) is 12.2. The molecule has 0 radical (unpaired) electrons. The number of carbonyl (C=O) groups is 2. The van der Waals surface area contributed by atoms with E-state index in [0.29, 0.717) is 25.6 Å². The van der Waals surface area contributed by atoms with E-state index in [0.717, 1.165) is 32.1 Å². The molecule has 0 N–H and O–H groups in total. The molecular formula is C26H46O4. The Labute approximate surface area is 185 Å². The van der Waals surface area contributed by atoms with Gasteiger partial charge in [0, 0.05) is 0 Å². The maximum Gasteiger partial charge on any atom is 0.313 e. The van der Waals surface area contributed by atoms with E-state index in [1.54, 1.807) is 0 Å². The van der Waals surface area contributed by atoms with E-state index in [2.05, 4.69) is 34.6 Å². The summed E-state index contributed by atoms with van der Waals surface area (Å²) in [6, 6.07) is 0. The van der Waals surface area contributed by atoms with Gasteiger partial charge < -0.3 is 9.47 Å². The Balaban J connectivity index is 2.33. The van der Waals surface area contributed by atoms with Gasteiger partial charge in [-0.05, 0) is 43.4 Å². The van der Waals surface area contributed by atoms with Crippen LogP contribution in [0.5, 0.6) is 0 Å². The Kier molecular flexibility index (Phi) is 13.0. The standard InChI is InChI=1S/C26H46O4/c1-6-7-8-9-10-11-14-18-29-24(27)22-15-12-13-16-23(22)25(28)30-19-17-21(2)20-26(3,4)5/h12,15,21-23H,6-11,13-14,16-20H2,1-5H3. The fourth-order valence-corrected chi connectivity index (χ4v) is 4.28. The number of allylic oxidation sites excluding steroid dienone is 1. The van der Waals surface area contributed by atoms with E-state index >= 15 is 0 Å². The van der Waals surface area contributed by atoms with Crippen LogP contribution in [0.1, 0.15) is 105 Å². The molecule has 1 aliphatic rings.